The van der Waals surface area contributed by atoms with Crippen LogP contribution in [0, 0.1) is 12.7 Å². The van der Waals surface area contributed by atoms with Gasteiger partial charge in [-0.1, -0.05) is 48.0 Å². The number of likely N-dealkylation sites (N-methyl/N-ethyl adjacent to an activating group) is 1. The number of anilines is 1. The van der Waals surface area contributed by atoms with Gasteiger partial charge in [-0.15, -0.1) is 0 Å². The van der Waals surface area contributed by atoms with Gasteiger partial charge < -0.3 is 10.2 Å². The normalized spacial score (nSPS) is 12.0. The molecule has 1 N–H and O–H groups in total. The van der Waals surface area contributed by atoms with E-state index >= 15 is 0 Å². The summed E-state index contributed by atoms with van der Waals surface area (Å²) in [7, 11) is -4.19. The fourth-order valence-corrected chi connectivity index (χ4v) is 5.57. The Morgan fingerprint density at radius 1 is 1.03 bits per heavy atom. The maximum absolute atomic E-state index is 14.5. The highest BCUT2D eigenvalue weighted by molar-refractivity contribution is 7.92. The van der Waals surface area contributed by atoms with Crippen molar-refractivity contribution in [2.45, 2.75) is 38.3 Å². The van der Waals surface area contributed by atoms with Crippen LogP contribution in [0.3, 0.4) is 0 Å². The molecule has 3 aromatic rings. The van der Waals surface area contributed by atoms with Crippen molar-refractivity contribution in [2.24, 2.45) is 0 Å². The number of rotatable bonds is 10. The van der Waals surface area contributed by atoms with Crippen LogP contribution in [0.15, 0.2) is 77.7 Å². The maximum atomic E-state index is 14.5. The van der Waals surface area contributed by atoms with E-state index in [9.17, 15) is 22.4 Å². The molecule has 1 unspecified atom stereocenters. The minimum Gasteiger partial charge on any atom is -0.355 e. The minimum absolute atomic E-state index is 0.00502. The Morgan fingerprint density at radius 2 is 1.68 bits per heavy atom. The second-order valence-corrected chi connectivity index (χ2v) is 10.7. The summed E-state index contributed by atoms with van der Waals surface area (Å²) in [5, 5.41) is 3.08. The molecule has 10 heteroatoms. The number of amides is 2. The van der Waals surface area contributed by atoms with Gasteiger partial charge in [0.1, 0.15) is 18.4 Å². The van der Waals surface area contributed by atoms with Gasteiger partial charge in [-0.05, 0) is 62.7 Å². The molecule has 2 amide bonds. The monoisotopic (exact) mass is 545 g/mol. The lowest BCUT2D eigenvalue weighted by molar-refractivity contribution is -0.139. The Labute approximate surface area is 221 Å². The van der Waals surface area contributed by atoms with Gasteiger partial charge in [0, 0.05) is 23.7 Å². The first kappa shape index (κ1) is 28.1. The molecule has 0 aliphatic rings. The number of aryl methyl sites for hydroxylation is 1. The number of hydrogen-bond donors (Lipinski definition) is 1. The molecule has 0 heterocycles. The van der Waals surface area contributed by atoms with Gasteiger partial charge in [0.15, 0.2) is 0 Å². The molecule has 196 valence electrons. The Bertz CT molecular complexity index is 1370. The van der Waals surface area contributed by atoms with Crippen LogP contribution >= 0.6 is 11.6 Å². The van der Waals surface area contributed by atoms with Crippen LogP contribution < -0.4 is 9.62 Å². The largest absolute Gasteiger partial charge is 0.355 e. The third-order valence-corrected chi connectivity index (χ3v) is 7.86. The fourth-order valence-electron chi connectivity index (χ4n) is 3.85. The predicted molar refractivity (Wildman–Crippen MR) is 142 cm³/mol. The first-order valence-electron chi connectivity index (χ1n) is 11.7. The van der Waals surface area contributed by atoms with E-state index in [0.717, 1.165) is 4.31 Å². The van der Waals surface area contributed by atoms with Crippen molar-refractivity contribution < 1.29 is 22.4 Å². The first-order valence-corrected chi connectivity index (χ1v) is 13.5. The third kappa shape index (κ3) is 6.67. The van der Waals surface area contributed by atoms with E-state index in [0.29, 0.717) is 17.1 Å². The van der Waals surface area contributed by atoms with E-state index < -0.39 is 40.2 Å². The van der Waals surface area contributed by atoms with E-state index in [1.807, 2.05) is 0 Å². The zero-order valence-electron chi connectivity index (χ0n) is 20.8. The van der Waals surface area contributed by atoms with Gasteiger partial charge in [-0.25, -0.2) is 12.8 Å². The molecular weight excluding hydrogens is 517 g/mol. The Balaban J connectivity index is 2.07. The zero-order valence-corrected chi connectivity index (χ0v) is 22.4. The van der Waals surface area contributed by atoms with E-state index in [1.165, 1.54) is 54.3 Å². The molecule has 0 saturated carbocycles. The van der Waals surface area contributed by atoms with E-state index in [-0.39, 0.29) is 22.7 Å². The molecule has 3 rings (SSSR count). The molecule has 0 aliphatic carbocycles. The number of nitrogens with one attached hydrogen (secondary N) is 1. The number of carbonyl (C=O) groups excluding carboxylic acids is 2. The average Bonchev–Trinajstić information content (AvgIpc) is 2.87. The molecule has 7 nitrogen and oxygen atoms in total. The van der Waals surface area contributed by atoms with Crippen LogP contribution in [0.1, 0.15) is 25.0 Å². The van der Waals surface area contributed by atoms with Crippen molar-refractivity contribution in [3.63, 3.8) is 0 Å². The van der Waals surface area contributed by atoms with Gasteiger partial charge in [0.05, 0.1) is 10.6 Å². The molecule has 0 saturated heterocycles. The number of carbonyl (C=O) groups is 2. The molecule has 0 radical (unpaired) electrons. The predicted octanol–water partition coefficient (Wildman–Crippen LogP) is 4.54. The summed E-state index contributed by atoms with van der Waals surface area (Å²) in [6.07, 6.45) is 0. The van der Waals surface area contributed by atoms with E-state index in [1.54, 1.807) is 44.2 Å². The molecule has 0 bridgehead atoms. The summed E-state index contributed by atoms with van der Waals surface area (Å²) >= 11 is 6.10. The zero-order chi connectivity index (χ0) is 27.2. The molecule has 0 aromatic heterocycles. The lowest BCUT2D eigenvalue weighted by atomic mass is 10.1. The lowest BCUT2D eigenvalue weighted by Crippen LogP contribution is -2.51. The van der Waals surface area contributed by atoms with Crippen LogP contribution in [0.25, 0.3) is 0 Å². The summed E-state index contributed by atoms with van der Waals surface area (Å²) in [6.45, 7) is 4.45. The van der Waals surface area contributed by atoms with E-state index in [2.05, 4.69) is 5.32 Å². The molecule has 0 aliphatic heterocycles. The first-order chi connectivity index (χ1) is 17.6. The average molecular weight is 546 g/mol. The van der Waals surface area contributed by atoms with Crippen LogP contribution in [0.4, 0.5) is 10.1 Å². The summed E-state index contributed by atoms with van der Waals surface area (Å²) in [4.78, 5) is 27.6. The maximum Gasteiger partial charge on any atom is 0.264 e. The fraction of sp³-hybridized carbons (Fsp3) is 0.259. The van der Waals surface area contributed by atoms with Crippen molar-refractivity contribution >= 4 is 39.1 Å². The molecule has 0 spiro atoms. The quantitative estimate of drug-likeness (QED) is 0.405. The molecule has 37 heavy (non-hydrogen) atoms. The topological polar surface area (TPSA) is 86.8 Å². The van der Waals surface area contributed by atoms with Gasteiger partial charge in [-0.3, -0.25) is 13.9 Å². The van der Waals surface area contributed by atoms with Crippen molar-refractivity contribution in [1.29, 1.82) is 0 Å². The lowest BCUT2D eigenvalue weighted by Gasteiger charge is -2.32. The van der Waals surface area contributed by atoms with Gasteiger partial charge in [0.25, 0.3) is 10.0 Å². The summed E-state index contributed by atoms with van der Waals surface area (Å²) in [6, 6.07) is 17.3. The summed E-state index contributed by atoms with van der Waals surface area (Å²) in [5.74, 6) is -1.64. The minimum atomic E-state index is -4.19. The highest BCUT2D eigenvalue weighted by Gasteiger charge is 2.33. The Hall–Kier alpha value is -3.43. The summed E-state index contributed by atoms with van der Waals surface area (Å²) < 4.78 is 43.0. The highest BCUT2D eigenvalue weighted by Crippen LogP contribution is 2.29. The van der Waals surface area contributed by atoms with Gasteiger partial charge >= 0.3 is 0 Å². The number of halogens is 2. The van der Waals surface area contributed by atoms with Crippen molar-refractivity contribution in [3.8, 4) is 0 Å². The smallest absolute Gasteiger partial charge is 0.264 e. The second kappa shape index (κ2) is 12.2. The molecule has 0 fully saturated rings. The van der Waals surface area contributed by atoms with Gasteiger partial charge in [-0.2, -0.15) is 0 Å². The number of nitrogens with zero attached hydrogens (tertiary/aromatic N) is 2. The second-order valence-electron chi connectivity index (χ2n) is 8.44. The highest BCUT2D eigenvalue weighted by atomic mass is 35.5. The Morgan fingerprint density at radius 3 is 2.30 bits per heavy atom. The molecule has 3 aromatic carbocycles. The molecule has 1 atom stereocenters. The summed E-state index contributed by atoms with van der Waals surface area (Å²) in [5.41, 5.74) is 1.00. The van der Waals surface area contributed by atoms with E-state index in [4.69, 9.17) is 11.6 Å². The number of hydrogen-bond acceptors (Lipinski definition) is 4. The van der Waals surface area contributed by atoms with Crippen LogP contribution in [0.2, 0.25) is 5.02 Å². The van der Waals surface area contributed by atoms with Crippen molar-refractivity contribution in [3.05, 3.63) is 94.8 Å². The van der Waals surface area contributed by atoms with Crippen LogP contribution in [-0.4, -0.2) is 44.3 Å². The van der Waals surface area contributed by atoms with Crippen LogP contribution in [-0.2, 0) is 26.2 Å². The number of benzene rings is 3. The van der Waals surface area contributed by atoms with Gasteiger partial charge in [0.2, 0.25) is 11.8 Å². The Kier molecular flexibility index (Phi) is 9.29. The van der Waals surface area contributed by atoms with Crippen molar-refractivity contribution in [2.75, 3.05) is 17.4 Å². The SMILES string of the molecule is CCNC(=O)C(C)N(Cc1ccccc1F)C(=O)CN(c1ccc(Cl)cc1C)S(=O)(=O)c1ccccc1. The third-order valence-electron chi connectivity index (χ3n) is 5.85. The van der Waals surface area contributed by atoms with Crippen LogP contribution in [0.5, 0.6) is 0 Å². The number of sulfonamides is 1. The van der Waals surface area contributed by atoms with Crippen molar-refractivity contribution in [1.82, 2.24) is 10.2 Å². The standard InChI is InChI=1S/C27H29ClFN3O4S/c1-4-30-27(34)20(3)31(17-21-10-8-9-13-24(21)29)26(33)18-32(25-15-14-22(28)16-19(25)2)37(35,36)23-11-6-5-7-12-23/h5-16,20H,4,17-18H2,1-3H3,(H,30,34). The molecular formula is C27H29ClFN3O4S.